The van der Waals surface area contributed by atoms with E-state index in [0.29, 0.717) is 44.8 Å². The van der Waals surface area contributed by atoms with Gasteiger partial charge in [0.25, 0.3) is 0 Å². The molecule has 4 rings (SSSR count). The van der Waals surface area contributed by atoms with Crippen molar-refractivity contribution in [3.05, 3.63) is 98.9 Å². The summed E-state index contributed by atoms with van der Waals surface area (Å²) in [4.78, 5) is 16.6. The Labute approximate surface area is 200 Å². The van der Waals surface area contributed by atoms with Gasteiger partial charge in [-0.15, -0.1) is 0 Å². The molecule has 0 aromatic heterocycles. The predicted molar refractivity (Wildman–Crippen MR) is 125 cm³/mol. The molecule has 0 amide bonds. The lowest BCUT2D eigenvalue weighted by Gasteiger charge is -2.13. The quantitative estimate of drug-likeness (QED) is 0.284. The molecule has 168 valence electrons. The minimum atomic E-state index is -0.583. The first kappa shape index (κ1) is 22.8. The number of cyclic esters (lactones) is 1. The van der Waals surface area contributed by atoms with Crippen LogP contribution in [0, 0.1) is 5.82 Å². The topological polar surface area (TPSA) is 57.1 Å². The van der Waals surface area contributed by atoms with Crippen molar-refractivity contribution in [2.45, 2.75) is 13.5 Å². The highest BCUT2D eigenvalue weighted by Gasteiger charge is 2.24. The van der Waals surface area contributed by atoms with Gasteiger partial charge in [0.1, 0.15) is 12.4 Å². The molecule has 0 saturated carbocycles. The van der Waals surface area contributed by atoms with E-state index in [2.05, 4.69) is 4.99 Å². The molecular formula is C25H18Cl2FNO4. The van der Waals surface area contributed by atoms with Crippen LogP contribution >= 0.6 is 23.2 Å². The summed E-state index contributed by atoms with van der Waals surface area (Å²) in [7, 11) is 0. The number of hydrogen-bond donors (Lipinski definition) is 0. The fourth-order valence-corrected chi connectivity index (χ4v) is 3.41. The highest BCUT2D eigenvalue weighted by molar-refractivity contribution is 6.42. The Kier molecular flexibility index (Phi) is 6.96. The van der Waals surface area contributed by atoms with E-state index in [9.17, 15) is 9.18 Å². The zero-order chi connectivity index (χ0) is 23.4. The van der Waals surface area contributed by atoms with Gasteiger partial charge in [0.05, 0.1) is 16.7 Å². The van der Waals surface area contributed by atoms with Gasteiger partial charge in [-0.1, -0.05) is 41.4 Å². The summed E-state index contributed by atoms with van der Waals surface area (Å²) in [5.74, 6) is 0.221. The maximum Gasteiger partial charge on any atom is 0.363 e. The summed E-state index contributed by atoms with van der Waals surface area (Å²) in [6, 6.07) is 16.3. The Hall–Kier alpha value is -3.35. The third-order valence-electron chi connectivity index (χ3n) is 4.64. The molecule has 0 radical (unpaired) electrons. The van der Waals surface area contributed by atoms with Gasteiger partial charge in [0.15, 0.2) is 17.2 Å². The van der Waals surface area contributed by atoms with E-state index in [1.54, 1.807) is 54.6 Å². The van der Waals surface area contributed by atoms with Gasteiger partial charge >= 0.3 is 5.97 Å². The fraction of sp³-hybridized carbons (Fsp3) is 0.120. The lowest BCUT2D eigenvalue weighted by Crippen LogP contribution is -2.05. The Bertz CT molecular complexity index is 1270. The minimum Gasteiger partial charge on any atom is -0.490 e. The first-order chi connectivity index (χ1) is 15.9. The molecule has 1 heterocycles. The monoisotopic (exact) mass is 485 g/mol. The lowest BCUT2D eigenvalue weighted by molar-refractivity contribution is -0.129. The van der Waals surface area contributed by atoms with Crippen molar-refractivity contribution >= 4 is 41.1 Å². The molecule has 0 bridgehead atoms. The Morgan fingerprint density at radius 2 is 1.85 bits per heavy atom. The molecule has 8 heteroatoms. The number of carbonyl (C=O) groups is 1. The number of ether oxygens (including phenoxy) is 3. The van der Waals surface area contributed by atoms with E-state index in [1.165, 1.54) is 12.1 Å². The SMILES string of the molecule is CCOc1cc(/C=C2\N=C(c3ccc(Cl)c(Cl)c3)OC2=O)ccc1OCc1cccc(F)c1. The molecule has 5 nitrogen and oxygen atoms in total. The summed E-state index contributed by atoms with van der Waals surface area (Å²) < 4.78 is 30.2. The number of carbonyl (C=O) groups excluding carboxylic acids is 1. The highest BCUT2D eigenvalue weighted by Crippen LogP contribution is 2.31. The molecule has 0 fully saturated rings. The number of hydrogen-bond acceptors (Lipinski definition) is 5. The van der Waals surface area contributed by atoms with E-state index in [-0.39, 0.29) is 24.0 Å². The Balaban J connectivity index is 1.56. The Morgan fingerprint density at radius 1 is 1.00 bits per heavy atom. The summed E-state index contributed by atoms with van der Waals surface area (Å²) >= 11 is 12.0. The smallest absolute Gasteiger partial charge is 0.363 e. The van der Waals surface area contributed by atoms with E-state index in [4.69, 9.17) is 37.4 Å². The summed E-state index contributed by atoms with van der Waals surface area (Å²) in [5, 5.41) is 0.727. The van der Waals surface area contributed by atoms with Gasteiger partial charge in [-0.05, 0) is 66.6 Å². The molecule has 0 atom stereocenters. The van der Waals surface area contributed by atoms with E-state index < -0.39 is 5.97 Å². The second kappa shape index (κ2) is 10.1. The molecule has 33 heavy (non-hydrogen) atoms. The lowest BCUT2D eigenvalue weighted by atomic mass is 10.1. The number of aliphatic imine (C=N–C) groups is 1. The van der Waals surface area contributed by atoms with Crippen molar-refractivity contribution in [3.63, 3.8) is 0 Å². The van der Waals surface area contributed by atoms with Crippen LogP contribution in [0.3, 0.4) is 0 Å². The van der Waals surface area contributed by atoms with E-state index >= 15 is 0 Å². The van der Waals surface area contributed by atoms with Crippen LogP contribution in [-0.2, 0) is 16.1 Å². The average molecular weight is 486 g/mol. The van der Waals surface area contributed by atoms with Crippen LogP contribution in [0.25, 0.3) is 6.08 Å². The summed E-state index contributed by atoms with van der Waals surface area (Å²) in [6.45, 7) is 2.45. The molecule has 0 saturated heterocycles. The van der Waals surface area contributed by atoms with Crippen molar-refractivity contribution < 1.29 is 23.4 Å². The maximum atomic E-state index is 13.4. The molecule has 1 aliphatic heterocycles. The molecular weight excluding hydrogens is 468 g/mol. The van der Waals surface area contributed by atoms with Gasteiger partial charge in [0, 0.05) is 5.56 Å². The van der Waals surface area contributed by atoms with Crippen LogP contribution < -0.4 is 9.47 Å². The minimum absolute atomic E-state index is 0.131. The van der Waals surface area contributed by atoms with Crippen LogP contribution in [-0.4, -0.2) is 18.5 Å². The third-order valence-corrected chi connectivity index (χ3v) is 5.38. The second-order valence-corrected chi connectivity index (χ2v) is 7.84. The number of nitrogens with zero attached hydrogens (tertiary/aromatic N) is 1. The molecule has 3 aromatic rings. The third kappa shape index (κ3) is 5.53. The zero-order valence-corrected chi connectivity index (χ0v) is 19.0. The van der Waals surface area contributed by atoms with Crippen molar-refractivity contribution in [1.82, 2.24) is 0 Å². The second-order valence-electron chi connectivity index (χ2n) is 7.02. The van der Waals surface area contributed by atoms with Crippen molar-refractivity contribution in [3.8, 4) is 11.5 Å². The number of esters is 1. The summed E-state index contributed by atoms with van der Waals surface area (Å²) in [6.07, 6.45) is 1.59. The predicted octanol–water partition coefficient (Wildman–Crippen LogP) is 6.45. The van der Waals surface area contributed by atoms with Gasteiger partial charge in [0.2, 0.25) is 5.90 Å². The first-order valence-electron chi connectivity index (χ1n) is 10.0. The standard InChI is InChI=1S/C25H18Cl2FNO4/c1-2-31-23-12-15(6-9-22(23)32-14-16-4-3-5-18(28)10-16)11-21-25(30)33-24(29-21)17-7-8-19(26)20(27)13-17/h3-13H,2,14H2,1H3/b21-11-. The zero-order valence-electron chi connectivity index (χ0n) is 17.5. The molecule has 0 spiro atoms. The van der Waals surface area contributed by atoms with Crippen LogP contribution in [0.1, 0.15) is 23.6 Å². The first-order valence-corrected chi connectivity index (χ1v) is 10.8. The largest absolute Gasteiger partial charge is 0.490 e. The normalized spacial score (nSPS) is 14.2. The van der Waals surface area contributed by atoms with Crippen LogP contribution in [0.4, 0.5) is 4.39 Å². The highest BCUT2D eigenvalue weighted by atomic mass is 35.5. The average Bonchev–Trinajstić information content (AvgIpc) is 3.15. The van der Waals surface area contributed by atoms with E-state index in [1.807, 2.05) is 6.92 Å². The molecule has 3 aromatic carbocycles. The van der Waals surface area contributed by atoms with Crippen LogP contribution in [0.5, 0.6) is 11.5 Å². The van der Waals surface area contributed by atoms with Gasteiger partial charge < -0.3 is 14.2 Å². The van der Waals surface area contributed by atoms with Crippen LogP contribution in [0.2, 0.25) is 10.0 Å². The van der Waals surface area contributed by atoms with Gasteiger partial charge in [-0.3, -0.25) is 0 Å². The van der Waals surface area contributed by atoms with Crippen LogP contribution in [0.15, 0.2) is 71.4 Å². The number of rotatable bonds is 7. The number of benzene rings is 3. The van der Waals surface area contributed by atoms with Crippen molar-refractivity contribution in [2.24, 2.45) is 4.99 Å². The van der Waals surface area contributed by atoms with Gasteiger partial charge in [-0.25, -0.2) is 14.2 Å². The Morgan fingerprint density at radius 3 is 2.61 bits per heavy atom. The van der Waals surface area contributed by atoms with Crippen molar-refractivity contribution in [1.29, 1.82) is 0 Å². The molecule has 1 aliphatic rings. The molecule has 0 aliphatic carbocycles. The van der Waals surface area contributed by atoms with Crippen molar-refractivity contribution in [2.75, 3.05) is 6.61 Å². The van der Waals surface area contributed by atoms with E-state index in [0.717, 1.165) is 0 Å². The maximum absolute atomic E-state index is 13.4. The summed E-state index contributed by atoms with van der Waals surface area (Å²) in [5.41, 5.74) is 2.04. The molecule has 0 unspecified atom stereocenters. The number of halogens is 3. The van der Waals surface area contributed by atoms with Gasteiger partial charge in [-0.2, -0.15) is 0 Å². The molecule has 0 N–H and O–H groups in total. The fourth-order valence-electron chi connectivity index (χ4n) is 3.11.